The highest BCUT2D eigenvalue weighted by Gasteiger charge is 2.18. The lowest BCUT2D eigenvalue weighted by molar-refractivity contribution is 0.0722. The molecule has 27 heavy (non-hydrogen) atoms. The third-order valence-electron chi connectivity index (χ3n) is 4.29. The second-order valence-corrected chi connectivity index (χ2v) is 7.32. The van der Waals surface area contributed by atoms with E-state index in [0.29, 0.717) is 22.6 Å². The van der Waals surface area contributed by atoms with Crippen molar-refractivity contribution in [2.24, 2.45) is 0 Å². The van der Waals surface area contributed by atoms with Crippen LogP contribution in [0.25, 0.3) is 16.7 Å². The first-order chi connectivity index (χ1) is 13.0. The van der Waals surface area contributed by atoms with Gasteiger partial charge in [-0.2, -0.15) is 8.78 Å². The Morgan fingerprint density at radius 3 is 2.56 bits per heavy atom. The molecule has 0 fully saturated rings. The van der Waals surface area contributed by atoms with Gasteiger partial charge in [0, 0.05) is 18.1 Å². The lowest BCUT2D eigenvalue weighted by Crippen LogP contribution is -2.04. The Morgan fingerprint density at radius 2 is 1.81 bits per heavy atom. The molecule has 0 radical (unpaired) electrons. The zero-order valence-corrected chi connectivity index (χ0v) is 15.8. The van der Waals surface area contributed by atoms with Crippen molar-refractivity contribution in [1.29, 1.82) is 0 Å². The molecule has 0 N–H and O–H groups in total. The van der Waals surface area contributed by atoms with Gasteiger partial charge in [-0.25, -0.2) is 9.97 Å². The Bertz CT molecular complexity index is 1080. The van der Waals surface area contributed by atoms with E-state index in [1.807, 2.05) is 24.6 Å². The summed E-state index contributed by atoms with van der Waals surface area (Å²) in [5, 5.41) is 0.743. The van der Waals surface area contributed by atoms with Crippen molar-refractivity contribution < 1.29 is 8.78 Å². The van der Waals surface area contributed by atoms with Crippen LogP contribution in [0.5, 0.6) is 0 Å². The average Bonchev–Trinajstić information content (AvgIpc) is 3.23. The zero-order chi connectivity index (χ0) is 19.0. The number of imidazole rings is 2. The highest BCUT2D eigenvalue weighted by molar-refractivity contribution is 7.98. The van der Waals surface area contributed by atoms with Crippen molar-refractivity contribution in [1.82, 2.24) is 19.1 Å². The fourth-order valence-electron chi connectivity index (χ4n) is 3.23. The van der Waals surface area contributed by atoms with Crippen molar-refractivity contribution in [3.05, 3.63) is 71.8 Å². The molecular weight excluding hydrogens is 366 g/mol. The molecule has 0 aliphatic rings. The molecule has 0 aliphatic carbocycles. The van der Waals surface area contributed by atoms with E-state index in [4.69, 9.17) is 0 Å². The Balaban J connectivity index is 1.65. The van der Waals surface area contributed by atoms with Gasteiger partial charge in [0.15, 0.2) is 5.16 Å². The van der Waals surface area contributed by atoms with Crippen LogP contribution in [0.2, 0.25) is 0 Å². The van der Waals surface area contributed by atoms with Gasteiger partial charge in [-0.05, 0) is 49.2 Å². The fourth-order valence-corrected chi connectivity index (χ4v) is 4.13. The Kier molecular flexibility index (Phi) is 4.70. The predicted octanol–water partition coefficient (Wildman–Crippen LogP) is 5.53. The summed E-state index contributed by atoms with van der Waals surface area (Å²) in [5.74, 6) is 0.645. The first kappa shape index (κ1) is 17.7. The van der Waals surface area contributed by atoms with Gasteiger partial charge in [0.05, 0.1) is 16.8 Å². The molecule has 0 saturated carbocycles. The second-order valence-electron chi connectivity index (χ2n) is 6.38. The van der Waals surface area contributed by atoms with Crippen LogP contribution in [0.3, 0.4) is 0 Å². The minimum Gasteiger partial charge on any atom is -0.295 e. The molecule has 0 bridgehead atoms. The van der Waals surface area contributed by atoms with Gasteiger partial charge in [0.1, 0.15) is 5.82 Å². The maximum Gasteiger partial charge on any atom is 0.320 e. The molecule has 0 amide bonds. The van der Waals surface area contributed by atoms with Crippen molar-refractivity contribution in [2.45, 2.75) is 31.3 Å². The van der Waals surface area contributed by atoms with Crippen LogP contribution in [0, 0.1) is 13.8 Å². The Hall–Kier alpha value is -2.67. The summed E-state index contributed by atoms with van der Waals surface area (Å²) in [5.41, 5.74) is 4.35. The lowest BCUT2D eigenvalue weighted by Gasteiger charge is -2.10. The second kappa shape index (κ2) is 7.15. The SMILES string of the molecule is Cc1cc(C)cc(-n2ccnc2SCc2nc3ccccc3n2C(F)F)c1. The molecule has 0 unspecified atom stereocenters. The molecule has 0 aliphatic heterocycles. The number of aromatic nitrogens is 4. The minimum absolute atomic E-state index is 0.306. The molecule has 4 aromatic rings. The fraction of sp³-hybridized carbons (Fsp3) is 0.200. The number of nitrogens with zero attached hydrogens (tertiary/aromatic N) is 4. The van der Waals surface area contributed by atoms with Gasteiger partial charge in [-0.3, -0.25) is 9.13 Å². The van der Waals surface area contributed by atoms with Gasteiger partial charge < -0.3 is 0 Å². The summed E-state index contributed by atoms with van der Waals surface area (Å²) in [6.45, 7) is 1.46. The molecule has 138 valence electrons. The third-order valence-corrected chi connectivity index (χ3v) is 5.25. The number of hydrogen-bond acceptors (Lipinski definition) is 3. The summed E-state index contributed by atoms with van der Waals surface area (Å²) in [6, 6.07) is 13.2. The number of hydrogen-bond donors (Lipinski definition) is 0. The Labute approximate surface area is 159 Å². The van der Waals surface area contributed by atoms with Gasteiger partial charge in [-0.1, -0.05) is 30.0 Å². The van der Waals surface area contributed by atoms with Crippen molar-refractivity contribution in [3.63, 3.8) is 0 Å². The molecule has 2 aromatic heterocycles. The van der Waals surface area contributed by atoms with E-state index in [0.717, 1.165) is 26.5 Å². The molecule has 0 saturated heterocycles. The van der Waals surface area contributed by atoms with Crippen LogP contribution in [0.1, 0.15) is 23.5 Å². The van der Waals surface area contributed by atoms with E-state index in [-0.39, 0.29) is 0 Å². The average molecular weight is 384 g/mol. The summed E-state index contributed by atoms with van der Waals surface area (Å²) < 4.78 is 30.1. The Morgan fingerprint density at radius 1 is 1.07 bits per heavy atom. The minimum atomic E-state index is -2.63. The zero-order valence-electron chi connectivity index (χ0n) is 14.9. The van der Waals surface area contributed by atoms with E-state index >= 15 is 0 Å². The highest BCUT2D eigenvalue weighted by atomic mass is 32.2. The first-order valence-electron chi connectivity index (χ1n) is 8.52. The predicted molar refractivity (Wildman–Crippen MR) is 104 cm³/mol. The van der Waals surface area contributed by atoms with E-state index in [1.54, 1.807) is 30.5 Å². The quantitative estimate of drug-likeness (QED) is 0.425. The summed E-state index contributed by atoms with van der Waals surface area (Å²) in [6.07, 6.45) is 3.60. The first-order valence-corrected chi connectivity index (χ1v) is 9.50. The van der Waals surface area contributed by atoms with Crippen LogP contribution in [0.15, 0.2) is 60.0 Å². The molecule has 2 aromatic carbocycles. The lowest BCUT2D eigenvalue weighted by atomic mass is 10.1. The van der Waals surface area contributed by atoms with Crippen molar-refractivity contribution in [2.75, 3.05) is 0 Å². The maximum absolute atomic E-state index is 13.6. The van der Waals surface area contributed by atoms with Crippen molar-refractivity contribution >= 4 is 22.8 Å². The van der Waals surface area contributed by atoms with Crippen molar-refractivity contribution in [3.8, 4) is 5.69 Å². The van der Waals surface area contributed by atoms with Crippen LogP contribution in [-0.4, -0.2) is 19.1 Å². The van der Waals surface area contributed by atoms with Crippen LogP contribution >= 0.6 is 11.8 Å². The maximum atomic E-state index is 13.6. The normalized spacial score (nSPS) is 11.6. The smallest absolute Gasteiger partial charge is 0.295 e. The van der Waals surface area contributed by atoms with E-state index in [9.17, 15) is 8.78 Å². The number of aryl methyl sites for hydroxylation is 2. The molecule has 4 rings (SSSR count). The van der Waals surface area contributed by atoms with Gasteiger partial charge in [-0.15, -0.1) is 0 Å². The van der Waals surface area contributed by atoms with E-state index in [1.165, 1.54) is 11.8 Å². The standard InChI is InChI=1S/C20H18F2N4S/c1-13-9-14(2)11-15(10-13)25-8-7-23-20(25)27-12-18-24-16-5-3-4-6-17(16)26(18)19(21)22/h3-11,19H,12H2,1-2H3. The van der Waals surface area contributed by atoms with Gasteiger partial charge in [0.25, 0.3) is 0 Å². The number of rotatable bonds is 5. The van der Waals surface area contributed by atoms with Crippen LogP contribution in [0.4, 0.5) is 8.78 Å². The topological polar surface area (TPSA) is 35.6 Å². The third kappa shape index (κ3) is 3.47. The molecule has 2 heterocycles. The summed E-state index contributed by atoms with van der Waals surface area (Å²) in [7, 11) is 0. The molecule has 0 atom stereocenters. The van der Waals surface area contributed by atoms with Crippen LogP contribution in [-0.2, 0) is 5.75 Å². The molecular formula is C20H18F2N4S. The highest BCUT2D eigenvalue weighted by Crippen LogP contribution is 2.29. The van der Waals surface area contributed by atoms with E-state index < -0.39 is 6.55 Å². The monoisotopic (exact) mass is 384 g/mol. The van der Waals surface area contributed by atoms with Crippen LogP contribution < -0.4 is 0 Å². The number of fused-ring (bicyclic) bond motifs is 1. The molecule has 7 heteroatoms. The number of benzene rings is 2. The number of thioether (sulfide) groups is 1. The van der Waals surface area contributed by atoms with E-state index in [2.05, 4.69) is 28.2 Å². The molecule has 0 spiro atoms. The summed E-state index contributed by atoms with van der Waals surface area (Å²) in [4.78, 5) is 8.79. The largest absolute Gasteiger partial charge is 0.320 e. The number of para-hydroxylation sites is 2. The summed E-state index contributed by atoms with van der Waals surface area (Å²) >= 11 is 1.40. The number of halogens is 2. The van der Waals surface area contributed by atoms with Gasteiger partial charge >= 0.3 is 6.55 Å². The number of alkyl halides is 2. The van der Waals surface area contributed by atoms with Gasteiger partial charge in [0.2, 0.25) is 0 Å². The molecule has 4 nitrogen and oxygen atoms in total.